The highest BCUT2D eigenvalue weighted by molar-refractivity contribution is 7.09. The van der Waals surface area contributed by atoms with Crippen molar-refractivity contribution in [1.29, 1.82) is 0 Å². The highest BCUT2D eigenvalue weighted by Crippen LogP contribution is 2.14. The third-order valence-electron chi connectivity index (χ3n) is 2.79. The van der Waals surface area contributed by atoms with Crippen molar-refractivity contribution >= 4 is 11.3 Å². The lowest BCUT2D eigenvalue weighted by Crippen LogP contribution is -2.18. The van der Waals surface area contributed by atoms with E-state index in [1.165, 1.54) is 6.07 Å². The van der Waals surface area contributed by atoms with Crippen LogP contribution in [0, 0.1) is 5.82 Å². The number of benzene rings is 1. The van der Waals surface area contributed by atoms with Gasteiger partial charge in [-0.15, -0.1) is 11.3 Å². The number of aromatic nitrogens is 1. The predicted octanol–water partition coefficient (Wildman–Crippen LogP) is 2.42. The van der Waals surface area contributed by atoms with E-state index in [0.29, 0.717) is 18.7 Å². The monoisotopic (exact) mass is 279 g/mol. The molecule has 102 valence electrons. The van der Waals surface area contributed by atoms with Crippen LogP contribution < -0.4 is 5.73 Å². The summed E-state index contributed by atoms with van der Waals surface area (Å²) < 4.78 is 13.5. The van der Waals surface area contributed by atoms with Crippen molar-refractivity contribution in [2.75, 3.05) is 13.6 Å². The highest BCUT2D eigenvalue weighted by Gasteiger charge is 2.08. The fraction of sp³-hybridized carbons (Fsp3) is 0.357. The van der Waals surface area contributed by atoms with E-state index in [-0.39, 0.29) is 5.82 Å². The molecule has 2 aromatic rings. The lowest BCUT2D eigenvalue weighted by Gasteiger charge is -2.15. The number of thiazole rings is 1. The van der Waals surface area contributed by atoms with Crippen LogP contribution in [0.1, 0.15) is 16.3 Å². The van der Waals surface area contributed by atoms with E-state index < -0.39 is 0 Å². The molecule has 0 saturated carbocycles. The van der Waals surface area contributed by atoms with Crippen LogP contribution in [0.4, 0.5) is 4.39 Å². The predicted molar refractivity (Wildman–Crippen MR) is 76.4 cm³/mol. The molecule has 19 heavy (non-hydrogen) atoms. The normalized spacial score (nSPS) is 11.2. The second-order valence-corrected chi connectivity index (χ2v) is 5.48. The van der Waals surface area contributed by atoms with Crippen LogP contribution in [0.5, 0.6) is 0 Å². The van der Waals surface area contributed by atoms with Gasteiger partial charge in [-0.3, -0.25) is 4.90 Å². The summed E-state index contributed by atoms with van der Waals surface area (Å²) in [5.74, 6) is -0.156. The quantitative estimate of drug-likeness (QED) is 0.883. The number of rotatable bonds is 6. The zero-order chi connectivity index (χ0) is 13.7. The van der Waals surface area contributed by atoms with E-state index in [4.69, 9.17) is 5.73 Å². The van der Waals surface area contributed by atoms with Crippen LogP contribution in [0.25, 0.3) is 0 Å². The number of nitrogens with zero attached hydrogens (tertiary/aromatic N) is 2. The second kappa shape index (κ2) is 6.75. The highest BCUT2D eigenvalue weighted by atomic mass is 32.1. The summed E-state index contributed by atoms with van der Waals surface area (Å²) in [4.78, 5) is 6.56. The van der Waals surface area contributed by atoms with Crippen LogP contribution in [0.15, 0.2) is 29.6 Å². The van der Waals surface area contributed by atoms with Gasteiger partial charge in [0.25, 0.3) is 0 Å². The smallest absolute Gasteiger partial charge is 0.127 e. The first-order chi connectivity index (χ1) is 9.19. The van der Waals surface area contributed by atoms with E-state index in [1.54, 1.807) is 17.4 Å². The molecule has 0 aliphatic heterocycles. The van der Waals surface area contributed by atoms with Gasteiger partial charge in [-0.2, -0.15) is 0 Å². The van der Waals surface area contributed by atoms with Gasteiger partial charge in [-0.1, -0.05) is 18.2 Å². The number of hydrogen-bond donors (Lipinski definition) is 1. The Balaban J connectivity index is 1.93. The van der Waals surface area contributed by atoms with Crippen molar-refractivity contribution in [3.63, 3.8) is 0 Å². The Morgan fingerprint density at radius 1 is 1.32 bits per heavy atom. The molecule has 0 aliphatic rings. The molecule has 2 N–H and O–H groups in total. The molecule has 1 aromatic heterocycles. The first-order valence-electron chi connectivity index (χ1n) is 6.24. The molecule has 0 saturated heterocycles. The lowest BCUT2D eigenvalue weighted by molar-refractivity contribution is 0.310. The Bertz CT molecular complexity index is 527. The summed E-state index contributed by atoms with van der Waals surface area (Å²) in [7, 11) is 1.97. The van der Waals surface area contributed by atoms with Crippen molar-refractivity contribution in [2.24, 2.45) is 5.73 Å². The molecule has 0 radical (unpaired) electrons. The maximum Gasteiger partial charge on any atom is 0.127 e. The average molecular weight is 279 g/mol. The van der Waals surface area contributed by atoms with E-state index in [1.807, 2.05) is 24.6 Å². The van der Waals surface area contributed by atoms with Gasteiger partial charge in [0.2, 0.25) is 0 Å². The molecular weight excluding hydrogens is 261 g/mol. The van der Waals surface area contributed by atoms with Gasteiger partial charge in [0.15, 0.2) is 0 Å². The maximum atomic E-state index is 13.5. The molecule has 0 bridgehead atoms. The molecule has 1 heterocycles. The SMILES string of the molecule is CN(Cc1csc(CCN)n1)Cc1ccccc1F. The standard InChI is InChI=1S/C14H18FN3S/c1-18(8-11-4-2-3-5-13(11)15)9-12-10-19-14(17-12)6-7-16/h2-5,10H,6-9,16H2,1H3. The van der Waals surface area contributed by atoms with Crippen LogP contribution >= 0.6 is 11.3 Å². The van der Waals surface area contributed by atoms with Gasteiger partial charge in [0, 0.05) is 30.5 Å². The summed E-state index contributed by atoms with van der Waals surface area (Å²) in [5, 5.41) is 3.11. The van der Waals surface area contributed by atoms with Gasteiger partial charge in [-0.25, -0.2) is 9.37 Å². The summed E-state index contributed by atoms with van der Waals surface area (Å²) in [6.07, 6.45) is 0.821. The minimum absolute atomic E-state index is 0.156. The van der Waals surface area contributed by atoms with E-state index >= 15 is 0 Å². The molecule has 0 spiro atoms. The second-order valence-electron chi connectivity index (χ2n) is 4.53. The molecule has 2 rings (SSSR count). The minimum Gasteiger partial charge on any atom is -0.330 e. The fourth-order valence-electron chi connectivity index (χ4n) is 1.91. The third kappa shape index (κ3) is 4.09. The lowest BCUT2D eigenvalue weighted by atomic mass is 10.2. The molecular formula is C14H18FN3S. The van der Waals surface area contributed by atoms with Crippen molar-refractivity contribution < 1.29 is 4.39 Å². The molecule has 5 heteroatoms. The summed E-state index contributed by atoms with van der Waals surface area (Å²) in [6.45, 7) is 1.92. The van der Waals surface area contributed by atoms with Crippen molar-refractivity contribution in [3.05, 3.63) is 51.7 Å². The molecule has 3 nitrogen and oxygen atoms in total. The summed E-state index contributed by atoms with van der Waals surface area (Å²) in [5.41, 5.74) is 7.24. The fourth-order valence-corrected chi connectivity index (χ4v) is 2.71. The topological polar surface area (TPSA) is 42.1 Å². The maximum absolute atomic E-state index is 13.5. The van der Waals surface area contributed by atoms with E-state index in [2.05, 4.69) is 9.88 Å². The van der Waals surface area contributed by atoms with Gasteiger partial charge in [0.05, 0.1) is 10.7 Å². The zero-order valence-electron chi connectivity index (χ0n) is 11.0. The van der Waals surface area contributed by atoms with Crippen LogP contribution in [0.2, 0.25) is 0 Å². The number of halogens is 1. The Morgan fingerprint density at radius 3 is 2.84 bits per heavy atom. The van der Waals surface area contributed by atoms with E-state index in [9.17, 15) is 4.39 Å². The van der Waals surface area contributed by atoms with Gasteiger partial charge >= 0.3 is 0 Å². The Hall–Kier alpha value is -1.30. The minimum atomic E-state index is -0.156. The van der Waals surface area contributed by atoms with Crippen LogP contribution in [-0.4, -0.2) is 23.5 Å². The largest absolute Gasteiger partial charge is 0.330 e. The molecule has 0 atom stereocenters. The van der Waals surface area contributed by atoms with Gasteiger partial charge in [0.1, 0.15) is 5.82 Å². The zero-order valence-corrected chi connectivity index (χ0v) is 11.8. The first-order valence-corrected chi connectivity index (χ1v) is 7.12. The molecule has 0 fully saturated rings. The van der Waals surface area contributed by atoms with Crippen molar-refractivity contribution in [2.45, 2.75) is 19.5 Å². The molecule has 0 aliphatic carbocycles. The third-order valence-corrected chi connectivity index (χ3v) is 3.74. The van der Waals surface area contributed by atoms with E-state index in [0.717, 1.165) is 23.7 Å². The number of nitrogens with two attached hydrogens (primary N) is 1. The van der Waals surface area contributed by atoms with Gasteiger partial charge in [-0.05, 0) is 19.7 Å². The summed E-state index contributed by atoms with van der Waals surface area (Å²) in [6, 6.07) is 6.87. The average Bonchev–Trinajstić information content (AvgIpc) is 2.80. The number of hydrogen-bond acceptors (Lipinski definition) is 4. The van der Waals surface area contributed by atoms with Crippen molar-refractivity contribution in [3.8, 4) is 0 Å². The molecule has 1 aromatic carbocycles. The first kappa shape index (κ1) is 14.1. The Kier molecular flexibility index (Phi) is 5.01. The van der Waals surface area contributed by atoms with Crippen LogP contribution in [0.3, 0.4) is 0 Å². The van der Waals surface area contributed by atoms with Gasteiger partial charge < -0.3 is 5.73 Å². The van der Waals surface area contributed by atoms with Crippen molar-refractivity contribution in [1.82, 2.24) is 9.88 Å². The summed E-state index contributed by atoms with van der Waals surface area (Å²) >= 11 is 1.63. The Labute approximate surface area is 116 Å². The molecule has 0 amide bonds. The molecule has 0 unspecified atom stereocenters. The van der Waals surface area contributed by atoms with Crippen LogP contribution in [-0.2, 0) is 19.5 Å². The Morgan fingerprint density at radius 2 is 2.11 bits per heavy atom.